The van der Waals surface area contributed by atoms with Crippen molar-refractivity contribution in [2.45, 2.75) is 6.92 Å². The lowest BCUT2D eigenvalue weighted by molar-refractivity contribution is 0.0988. The van der Waals surface area contributed by atoms with Crippen LogP contribution in [0.5, 0.6) is 0 Å². The van der Waals surface area contributed by atoms with E-state index in [0.29, 0.717) is 16.7 Å². The van der Waals surface area contributed by atoms with Crippen LogP contribution in [0.1, 0.15) is 17.3 Å². The molecule has 0 saturated heterocycles. The molecule has 0 fully saturated rings. The molecule has 0 saturated carbocycles. The standard InChI is InChI=1S/C13H12BrN3O/c1-2-17(11-4-6-15-7-5-11)13(18)10-3-8-16-12(14)9-10/h3-9H,2H2,1H3. The minimum atomic E-state index is -0.0493. The first-order valence-corrected chi connectivity index (χ1v) is 6.35. The van der Waals surface area contributed by atoms with E-state index in [4.69, 9.17) is 0 Å². The third-order valence-corrected chi connectivity index (χ3v) is 2.94. The van der Waals surface area contributed by atoms with Gasteiger partial charge in [0.25, 0.3) is 5.91 Å². The molecule has 0 radical (unpaired) electrons. The zero-order valence-electron chi connectivity index (χ0n) is 9.88. The summed E-state index contributed by atoms with van der Waals surface area (Å²) >= 11 is 3.27. The van der Waals surface area contributed by atoms with E-state index < -0.39 is 0 Å². The summed E-state index contributed by atoms with van der Waals surface area (Å²) in [6.07, 6.45) is 4.96. The molecule has 0 aliphatic heterocycles. The number of aromatic nitrogens is 2. The van der Waals surface area contributed by atoms with Crippen molar-refractivity contribution >= 4 is 27.5 Å². The fourth-order valence-corrected chi connectivity index (χ4v) is 2.02. The summed E-state index contributed by atoms with van der Waals surface area (Å²) in [6.45, 7) is 2.54. The maximum atomic E-state index is 12.4. The van der Waals surface area contributed by atoms with E-state index >= 15 is 0 Å². The van der Waals surface area contributed by atoms with Gasteiger partial charge in [-0.1, -0.05) is 0 Å². The molecule has 1 amide bonds. The van der Waals surface area contributed by atoms with Crippen molar-refractivity contribution in [1.29, 1.82) is 0 Å². The molecule has 5 heteroatoms. The number of carbonyl (C=O) groups is 1. The maximum absolute atomic E-state index is 12.4. The van der Waals surface area contributed by atoms with Crippen LogP contribution in [0.3, 0.4) is 0 Å². The summed E-state index contributed by atoms with van der Waals surface area (Å²) < 4.78 is 0.652. The molecule has 4 nitrogen and oxygen atoms in total. The van der Waals surface area contributed by atoms with Gasteiger partial charge in [0.15, 0.2) is 0 Å². The van der Waals surface area contributed by atoms with Gasteiger partial charge in [-0.3, -0.25) is 9.78 Å². The van der Waals surface area contributed by atoms with Crippen LogP contribution in [0, 0.1) is 0 Å². The summed E-state index contributed by atoms with van der Waals surface area (Å²) in [6, 6.07) is 7.05. The first kappa shape index (κ1) is 12.7. The second kappa shape index (κ2) is 5.73. The van der Waals surface area contributed by atoms with E-state index in [1.54, 1.807) is 35.6 Å². The lowest BCUT2D eigenvalue weighted by atomic mass is 10.2. The molecular formula is C13H12BrN3O. The van der Waals surface area contributed by atoms with Gasteiger partial charge < -0.3 is 4.90 Å². The largest absolute Gasteiger partial charge is 0.309 e. The van der Waals surface area contributed by atoms with Crippen molar-refractivity contribution in [2.24, 2.45) is 0 Å². The quantitative estimate of drug-likeness (QED) is 0.819. The van der Waals surface area contributed by atoms with Gasteiger partial charge >= 0.3 is 0 Å². The average Bonchev–Trinajstić information content (AvgIpc) is 2.41. The van der Waals surface area contributed by atoms with Crippen LogP contribution in [0.15, 0.2) is 47.5 Å². The number of amides is 1. The Bertz CT molecular complexity index is 545. The Kier molecular flexibility index (Phi) is 4.04. The molecule has 0 aliphatic carbocycles. The summed E-state index contributed by atoms with van der Waals surface area (Å²) in [5.74, 6) is -0.0493. The average molecular weight is 306 g/mol. The van der Waals surface area contributed by atoms with Crippen LogP contribution in [-0.4, -0.2) is 22.4 Å². The third-order valence-electron chi connectivity index (χ3n) is 2.51. The number of nitrogens with zero attached hydrogens (tertiary/aromatic N) is 3. The molecule has 18 heavy (non-hydrogen) atoms. The Hall–Kier alpha value is -1.75. The van der Waals surface area contributed by atoms with E-state index in [-0.39, 0.29) is 5.91 Å². The van der Waals surface area contributed by atoms with Gasteiger partial charge in [0.1, 0.15) is 4.60 Å². The lowest BCUT2D eigenvalue weighted by Gasteiger charge is -2.20. The van der Waals surface area contributed by atoms with E-state index in [0.717, 1.165) is 5.69 Å². The number of rotatable bonds is 3. The van der Waals surface area contributed by atoms with Crippen molar-refractivity contribution in [2.75, 3.05) is 11.4 Å². The molecule has 2 aromatic heterocycles. The van der Waals surface area contributed by atoms with Crippen LogP contribution in [0.4, 0.5) is 5.69 Å². The van der Waals surface area contributed by atoms with Gasteiger partial charge in [-0.25, -0.2) is 4.98 Å². The Morgan fingerprint density at radius 1 is 1.28 bits per heavy atom. The number of carbonyl (C=O) groups excluding carboxylic acids is 1. The first-order chi connectivity index (χ1) is 8.72. The molecular weight excluding hydrogens is 294 g/mol. The van der Waals surface area contributed by atoms with Gasteiger partial charge in [0.05, 0.1) is 0 Å². The Balaban J connectivity index is 2.32. The number of halogens is 1. The van der Waals surface area contributed by atoms with Crippen molar-refractivity contribution in [3.05, 3.63) is 53.0 Å². The van der Waals surface area contributed by atoms with Crippen LogP contribution in [0.25, 0.3) is 0 Å². The van der Waals surface area contributed by atoms with E-state index in [1.165, 1.54) is 0 Å². The summed E-state index contributed by atoms with van der Waals surface area (Å²) in [4.78, 5) is 22.1. The van der Waals surface area contributed by atoms with E-state index in [2.05, 4.69) is 25.9 Å². The fraction of sp³-hybridized carbons (Fsp3) is 0.154. The second-order valence-electron chi connectivity index (χ2n) is 3.62. The zero-order valence-corrected chi connectivity index (χ0v) is 11.5. The third kappa shape index (κ3) is 2.73. The molecule has 92 valence electrons. The molecule has 0 bridgehead atoms. The molecule has 0 aromatic carbocycles. The molecule has 0 unspecified atom stereocenters. The van der Waals surface area contributed by atoms with Crippen LogP contribution in [0.2, 0.25) is 0 Å². The van der Waals surface area contributed by atoms with E-state index in [1.807, 2.05) is 19.1 Å². The number of hydrogen-bond donors (Lipinski definition) is 0. The molecule has 0 atom stereocenters. The topological polar surface area (TPSA) is 46.1 Å². The summed E-state index contributed by atoms with van der Waals surface area (Å²) in [5.41, 5.74) is 1.45. The highest BCUT2D eigenvalue weighted by Crippen LogP contribution is 2.17. The molecule has 2 heterocycles. The van der Waals surface area contributed by atoms with Gasteiger partial charge in [0.2, 0.25) is 0 Å². The highest BCUT2D eigenvalue weighted by Gasteiger charge is 2.16. The zero-order chi connectivity index (χ0) is 13.0. The van der Waals surface area contributed by atoms with Crippen molar-refractivity contribution in [1.82, 2.24) is 9.97 Å². The minimum absolute atomic E-state index is 0.0493. The molecule has 2 aromatic rings. The summed E-state index contributed by atoms with van der Waals surface area (Å²) in [7, 11) is 0. The van der Waals surface area contributed by atoms with E-state index in [9.17, 15) is 4.79 Å². The molecule has 2 rings (SSSR count). The van der Waals surface area contributed by atoms with Gasteiger partial charge in [-0.05, 0) is 47.1 Å². The predicted octanol–water partition coefficient (Wildman–Crippen LogP) is 2.91. The fourth-order valence-electron chi connectivity index (χ4n) is 1.66. The predicted molar refractivity (Wildman–Crippen MR) is 73.5 cm³/mol. The van der Waals surface area contributed by atoms with Crippen molar-refractivity contribution in [3.63, 3.8) is 0 Å². The monoisotopic (exact) mass is 305 g/mol. The first-order valence-electron chi connectivity index (χ1n) is 5.56. The van der Waals surface area contributed by atoms with Gasteiger partial charge in [-0.2, -0.15) is 0 Å². The maximum Gasteiger partial charge on any atom is 0.258 e. The highest BCUT2D eigenvalue weighted by molar-refractivity contribution is 9.10. The van der Waals surface area contributed by atoms with Crippen LogP contribution >= 0.6 is 15.9 Å². The SMILES string of the molecule is CCN(C(=O)c1ccnc(Br)c1)c1ccncc1. The normalized spacial score (nSPS) is 10.1. The smallest absolute Gasteiger partial charge is 0.258 e. The summed E-state index contributed by atoms with van der Waals surface area (Å²) in [5, 5.41) is 0. The van der Waals surface area contributed by atoms with Crippen molar-refractivity contribution in [3.8, 4) is 0 Å². The Labute approximate surface area is 114 Å². The lowest BCUT2D eigenvalue weighted by Crippen LogP contribution is -2.30. The Morgan fingerprint density at radius 3 is 2.61 bits per heavy atom. The molecule has 0 N–H and O–H groups in total. The number of pyridine rings is 2. The Morgan fingerprint density at radius 2 is 2.00 bits per heavy atom. The highest BCUT2D eigenvalue weighted by atomic mass is 79.9. The number of hydrogen-bond acceptors (Lipinski definition) is 3. The van der Waals surface area contributed by atoms with Gasteiger partial charge in [0, 0.05) is 36.4 Å². The minimum Gasteiger partial charge on any atom is -0.309 e. The second-order valence-corrected chi connectivity index (χ2v) is 4.43. The van der Waals surface area contributed by atoms with Crippen LogP contribution < -0.4 is 4.90 Å². The van der Waals surface area contributed by atoms with Crippen molar-refractivity contribution < 1.29 is 4.79 Å². The van der Waals surface area contributed by atoms with Gasteiger partial charge in [-0.15, -0.1) is 0 Å². The molecule has 0 aliphatic rings. The number of anilines is 1. The van der Waals surface area contributed by atoms with Crippen LogP contribution in [-0.2, 0) is 0 Å². The molecule has 0 spiro atoms.